The normalized spacial score (nSPS) is 15.5. The number of imidazole rings is 1. The lowest BCUT2D eigenvalue weighted by Gasteiger charge is -2.30. The van der Waals surface area contributed by atoms with Crippen LogP contribution in [0.2, 0.25) is 0 Å². The van der Waals surface area contributed by atoms with Crippen LogP contribution in [0, 0.1) is 5.92 Å². The van der Waals surface area contributed by atoms with Crippen molar-refractivity contribution in [2.24, 2.45) is 11.7 Å². The number of rotatable bonds is 6. The highest BCUT2D eigenvalue weighted by Gasteiger charge is 2.27. The van der Waals surface area contributed by atoms with Crippen molar-refractivity contribution in [3.63, 3.8) is 0 Å². The van der Waals surface area contributed by atoms with E-state index in [2.05, 4.69) is 4.98 Å². The van der Waals surface area contributed by atoms with Crippen molar-refractivity contribution in [1.29, 1.82) is 0 Å². The average Bonchev–Trinajstić information content (AvgIpc) is 2.91. The number of aromatic nitrogens is 3. The van der Waals surface area contributed by atoms with Gasteiger partial charge in [0, 0.05) is 32.3 Å². The molecular weight excluding hydrogens is 338 g/mol. The fourth-order valence-corrected chi connectivity index (χ4v) is 3.33. The van der Waals surface area contributed by atoms with Gasteiger partial charge in [0.05, 0.1) is 18.7 Å². The number of carbonyl (C=O) groups excluding carboxylic acids is 2. The third-order valence-corrected chi connectivity index (χ3v) is 4.84. The van der Waals surface area contributed by atoms with E-state index in [0.29, 0.717) is 50.2 Å². The highest BCUT2D eigenvalue weighted by atomic mass is 16.5. The van der Waals surface area contributed by atoms with Gasteiger partial charge in [-0.1, -0.05) is 0 Å². The van der Waals surface area contributed by atoms with Gasteiger partial charge < -0.3 is 15.4 Å². The molecule has 26 heavy (non-hydrogen) atoms. The second kappa shape index (κ2) is 7.69. The molecule has 0 saturated carbocycles. The number of hydrogen-bond acceptors (Lipinski definition) is 5. The maximum absolute atomic E-state index is 12.8. The third kappa shape index (κ3) is 3.48. The second-order valence-corrected chi connectivity index (χ2v) is 6.42. The van der Waals surface area contributed by atoms with Crippen LogP contribution in [0.1, 0.15) is 12.8 Å². The van der Waals surface area contributed by atoms with Gasteiger partial charge in [0.2, 0.25) is 11.8 Å². The zero-order chi connectivity index (χ0) is 18.7. The second-order valence-electron chi connectivity index (χ2n) is 6.42. The number of amides is 2. The largest absolute Gasteiger partial charge is 0.383 e. The molecule has 1 aliphatic rings. The molecule has 2 N–H and O–H groups in total. The number of fused-ring (bicyclic) bond motifs is 1. The molecule has 2 aromatic heterocycles. The van der Waals surface area contributed by atoms with E-state index in [1.807, 2.05) is 0 Å². The number of primary amides is 1. The molecule has 0 bridgehead atoms. The van der Waals surface area contributed by atoms with Crippen LogP contribution < -0.4 is 11.4 Å². The van der Waals surface area contributed by atoms with Crippen LogP contribution in [0.15, 0.2) is 23.1 Å². The molecule has 0 spiro atoms. The van der Waals surface area contributed by atoms with E-state index in [9.17, 15) is 14.4 Å². The number of ether oxygens (including phenoxy) is 1. The Bertz CT molecular complexity index is 864. The number of carbonyl (C=O) groups is 2. The topological polar surface area (TPSA) is 112 Å². The lowest BCUT2D eigenvalue weighted by molar-refractivity contribution is -0.135. The molecule has 2 amide bonds. The number of nitrogens with zero attached hydrogens (tertiary/aromatic N) is 4. The van der Waals surface area contributed by atoms with E-state index in [1.54, 1.807) is 30.3 Å². The molecule has 140 valence electrons. The van der Waals surface area contributed by atoms with Crippen LogP contribution in [-0.4, -0.2) is 57.6 Å². The molecule has 3 heterocycles. The third-order valence-electron chi connectivity index (χ3n) is 4.84. The summed E-state index contributed by atoms with van der Waals surface area (Å²) in [6.07, 6.45) is 2.74. The molecule has 2 aromatic rings. The van der Waals surface area contributed by atoms with Crippen molar-refractivity contribution in [3.8, 4) is 0 Å². The molecule has 1 saturated heterocycles. The molecule has 0 aromatic carbocycles. The molecule has 0 atom stereocenters. The van der Waals surface area contributed by atoms with Gasteiger partial charge in [-0.2, -0.15) is 0 Å². The van der Waals surface area contributed by atoms with Crippen LogP contribution in [-0.2, 0) is 27.4 Å². The van der Waals surface area contributed by atoms with Gasteiger partial charge >= 0.3 is 5.69 Å². The molecule has 9 heteroatoms. The summed E-state index contributed by atoms with van der Waals surface area (Å²) < 4.78 is 8.02. The number of pyridine rings is 1. The Morgan fingerprint density at radius 1 is 1.31 bits per heavy atom. The van der Waals surface area contributed by atoms with Gasteiger partial charge in [-0.3, -0.25) is 18.7 Å². The summed E-state index contributed by atoms with van der Waals surface area (Å²) in [4.78, 5) is 42.6. The molecule has 0 unspecified atom stereocenters. The summed E-state index contributed by atoms with van der Waals surface area (Å²) in [7, 11) is 1.57. The lowest BCUT2D eigenvalue weighted by Crippen LogP contribution is -2.44. The van der Waals surface area contributed by atoms with Crippen LogP contribution >= 0.6 is 0 Å². The van der Waals surface area contributed by atoms with Crippen molar-refractivity contribution >= 4 is 23.0 Å². The lowest BCUT2D eigenvalue weighted by atomic mass is 9.96. The predicted molar refractivity (Wildman–Crippen MR) is 94.4 cm³/mol. The first-order chi connectivity index (χ1) is 12.5. The van der Waals surface area contributed by atoms with Crippen molar-refractivity contribution in [3.05, 3.63) is 28.8 Å². The number of hydrogen-bond donors (Lipinski definition) is 1. The first-order valence-electron chi connectivity index (χ1n) is 8.63. The van der Waals surface area contributed by atoms with Crippen LogP contribution in [0.25, 0.3) is 11.2 Å². The van der Waals surface area contributed by atoms with Gasteiger partial charge in [0.1, 0.15) is 6.54 Å². The standard InChI is InChI=1S/C17H23N5O4/c1-26-10-9-21-16-13(3-2-6-19-16)22(17(21)25)11-14(23)20-7-4-12(5-8-20)15(18)24/h2-3,6,12H,4-5,7-11H2,1H3,(H2,18,24). The highest BCUT2D eigenvalue weighted by Crippen LogP contribution is 2.17. The van der Waals surface area contributed by atoms with E-state index in [1.165, 1.54) is 9.13 Å². The summed E-state index contributed by atoms with van der Waals surface area (Å²) >= 11 is 0. The fourth-order valence-electron chi connectivity index (χ4n) is 3.33. The SMILES string of the molecule is COCCn1c(=O)n(CC(=O)N2CCC(C(N)=O)CC2)c2cccnc21. The van der Waals surface area contributed by atoms with Gasteiger partial charge in [0.25, 0.3) is 0 Å². The Hall–Kier alpha value is -2.68. The van der Waals surface area contributed by atoms with E-state index in [4.69, 9.17) is 10.5 Å². The minimum Gasteiger partial charge on any atom is -0.383 e. The average molecular weight is 361 g/mol. The summed E-state index contributed by atoms with van der Waals surface area (Å²) in [5, 5.41) is 0. The summed E-state index contributed by atoms with van der Waals surface area (Å²) in [5.41, 5.74) is 6.20. The number of nitrogens with two attached hydrogens (primary N) is 1. The Morgan fingerprint density at radius 3 is 2.69 bits per heavy atom. The quantitative estimate of drug-likeness (QED) is 0.750. The first-order valence-corrected chi connectivity index (χ1v) is 8.63. The number of methoxy groups -OCH3 is 1. The maximum Gasteiger partial charge on any atom is 0.330 e. The van der Waals surface area contributed by atoms with Gasteiger partial charge in [-0.05, 0) is 25.0 Å². The van der Waals surface area contributed by atoms with Crippen molar-refractivity contribution in [2.75, 3.05) is 26.8 Å². The van der Waals surface area contributed by atoms with Crippen molar-refractivity contribution in [2.45, 2.75) is 25.9 Å². The van der Waals surface area contributed by atoms with Crippen LogP contribution in [0.4, 0.5) is 0 Å². The Balaban J connectivity index is 1.80. The number of likely N-dealkylation sites (tertiary alicyclic amines) is 1. The van der Waals surface area contributed by atoms with E-state index in [-0.39, 0.29) is 30.0 Å². The predicted octanol–water partition coefficient (Wildman–Crippen LogP) is -0.432. The molecule has 3 rings (SSSR count). The van der Waals surface area contributed by atoms with E-state index >= 15 is 0 Å². The van der Waals surface area contributed by atoms with Crippen LogP contribution in [0.5, 0.6) is 0 Å². The molecule has 0 radical (unpaired) electrons. The molecule has 0 aliphatic carbocycles. The first kappa shape index (κ1) is 18.1. The Labute approximate surface area is 150 Å². The van der Waals surface area contributed by atoms with Crippen molar-refractivity contribution in [1.82, 2.24) is 19.0 Å². The monoisotopic (exact) mass is 361 g/mol. The smallest absolute Gasteiger partial charge is 0.330 e. The molecular formula is C17H23N5O4. The van der Waals surface area contributed by atoms with Gasteiger partial charge in [-0.25, -0.2) is 9.78 Å². The summed E-state index contributed by atoms with van der Waals surface area (Å²) in [5.74, 6) is -0.646. The minimum atomic E-state index is -0.319. The molecule has 1 fully saturated rings. The van der Waals surface area contributed by atoms with Crippen LogP contribution in [0.3, 0.4) is 0 Å². The summed E-state index contributed by atoms with van der Waals surface area (Å²) in [6.45, 7) is 1.64. The van der Waals surface area contributed by atoms with Gasteiger partial charge in [0.15, 0.2) is 5.65 Å². The fraction of sp³-hybridized carbons (Fsp3) is 0.529. The zero-order valence-corrected chi connectivity index (χ0v) is 14.8. The van der Waals surface area contributed by atoms with E-state index < -0.39 is 0 Å². The minimum absolute atomic E-state index is 0.0533. The Kier molecular flexibility index (Phi) is 5.36. The van der Waals surface area contributed by atoms with Gasteiger partial charge in [-0.15, -0.1) is 0 Å². The van der Waals surface area contributed by atoms with Crippen molar-refractivity contribution < 1.29 is 14.3 Å². The van der Waals surface area contributed by atoms with E-state index in [0.717, 1.165) is 0 Å². The molecule has 1 aliphatic heterocycles. The summed E-state index contributed by atoms with van der Waals surface area (Å²) in [6, 6.07) is 3.52. The molecule has 9 nitrogen and oxygen atoms in total. The number of piperidine rings is 1. The highest BCUT2D eigenvalue weighted by molar-refractivity contribution is 5.80. The Morgan fingerprint density at radius 2 is 2.04 bits per heavy atom. The zero-order valence-electron chi connectivity index (χ0n) is 14.8. The maximum atomic E-state index is 12.8.